The molecule has 4 heterocycles. The third-order valence-corrected chi connectivity index (χ3v) is 16.8. The molecule has 66 heavy (non-hydrogen) atoms. The average Bonchev–Trinajstić information content (AvgIpc) is 3.69. The van der Waals surface area contributed by atoms with E-state index in [4.69, 9.17) is 40.5 Å². The van der Waals surface area contributed by atoms with Gasteiger partial charge >= 0.3 is 6.09 Å². The van der Waals surface area contributed by atoms with Gasteiger partial charge in [0.25, 0.3) is 0 Å². The Morgan fingerprint density at radius 1 is 1.06 bits per heavy atom. The molecule has 7 atom stereocenters. The highest BCUT2D eigenvalue weighted by Gasteiger charge is 2.66. The predicted molar refractivity (Wildman–Crippen MR) is 246 cm³/mol. The van der Waals surface area contributed by atoms with Crippen LogP contribution in [0.25, 0.3) is 22.3 Å². The molecule has 2 aliphatic carbocycles. The fourth-order valence-electron chi connectivity index (χ4n) is 9.43. The van der Waals surface area contributed by atoms with Crippen molar-refractivity contribution >= 4 is 64.2 Å². The number of methoxy groups -OCH3 is 1. The Morgan fingerprint density at radius 3 is 2.53 bits per heavy atom. The molecule has 20 heteroatoms. The number of pyridine rings is 1. The minimum atomic E-state index is -4.59. The van der Waals surface area contributed by atoms with Gasteiger partial charge in [0, 0.05) is 41.5 Å². The maximum Gasteiger partial charge on any atom is 0.408 e. The summed E-state index contributed by atoms with van der Waals surface area (Å²) in [4.78, 5) is 66.1. The number of rotatable bonds is 11. The smallest absolute Gasteiger partial charge is 0.408 e. The van der Waals surface area contributed by atoms with Crippen molar-refractivity contribution in [2.24, 2.45) is 5.92 Å². The summed E-state index contributed by atoms with van der Waals surface area (Å²) in [5, 5.41) is 10.5. The molecule has 15 nitrogen and oxygen atoms in total. The van der Waals surface area contributed by atoms with Crippen LogP contribution in [-0.4, -0.2) is 99.6 Å². The molecule has 2 saturated heterocycles. The highest BCUT2D eigenvalue weighted by molar-refractivity contribution is 7.59. The number of fused-ring (bicyclic) bond motifs is 3. The summed E-state index contributed by atoms with van der Waals surface area (Å²) < 4.78 is 68.7. The summed E-state index contributed by atoms with van der Waals surface area (Å²) in [6.45, 7) is 5.76. The molecule has 2 unspecified atom stereocenters. The van der Waals surface area contributed by atoms with Gasteiger partial charge in [0.05, 0.1) is 37.1 Å². The fraction of sp³-hybridized carbons (Fsp3) is 0.543. The fourth-order valence-corrected chi connectivity index (χ4v) is 13.1. The second-order valence-electron chi connectivity index (χ2n) is 18.0. The van der Waals surface area contributed by atoms with Gasteiger partial charge < -0.3 is 44.7 Å². The number of carbonyl (C=O) groups is 3. The minimum absolute atomic E-state index is 0.0906. The average molecular weight is 973 g/mol. The number of benzene rings is 2. The molecule has 4 aliphatic rings. The van der Waals surface area contributed by atoms with Gasteiger partial charge in [-0.15, -0.1) is 11.3 Å². The Morgan fingerprint density at radius 2 is 1.80 bits per heavy atom. The van der Waals surface area contributed by atoms with Crippen LogP contribution in [0.5, 0.6) is 11.5 Å². The summed E-state index contributed by atoms with van der Waals surface area (Å²) in [7, 11) is -3.10. The first-order chi connectivity index (χ1) is 31.6. The summed E-state index contributed by atoms with van der Waals surface area (Å²) in [5.41, 5.74) is 0.795. The first-order valence-electron chi connectivity index (χ1n) is 22.6. The Labute approximate surface area is 391 Å². The number of halogens is 3. The number of aromatic nitrogens is 2. The number of anilines is 1. The van der Waals surface area contributed by atoms with E-state index >= 15 is 4.79 Å². The van der Waals surface area contributed by atoms with Gasteiger partial charge in [-0.05, 0) is 95.9 Å². The van der Waals surface area contributed by atoms with Crippen molar-refractivity contribution in [1.82, 2.24) is 25.5 Å². The van der Waals surface area contributed by atoms with Gasteiger partial charge in [-0.25, -0.2) is 23.5 Å². The molecule has 2 aromatic carbocycles. The zero-order valence-corrected chi connectivity index (χ0v) is 39.8. The summed E-state index contributed by atoms with van der Waals surface area (Å²) in [5.74, 6) is -3.14. The zero-order chi connectivity index (χ0) is 46.9. The number of nitrogens with one attached hydrogen (secondary N) is 3. The molecule has 2 saturated carbocycles. The van der Waals surface area contributed by atoms with Crippen LogP contribution in [0.3, 0.4) is 0 Å². The van der Waals surface area contributed by atoms with Crippen molar-refractivity contribution in [1.29, 1.82) is 0 Å². The Kier molecular flexibility index (Phi) is 14.5. The number of thiazole rings is 1. The molecule has 2 aliphatic heterocycles. The Bertz CT molecular complexity index is 2490. The van der Waals surface area contributed by atoms with Crippen LogP contribution in [0, 0.1) is 17.6 Å². The first-order valence-corrected chi connectivity index (χ1v) is 25.7. The van der Waals surface area contributed by atoms with E-state index in [1.807, 2.05) is 19.2 Å². The molecule has 2 aromatic heterocycles. The van der Waals surface area contributed by atoms with Crippen molar-refractivity contribution in [2.45, 2.75) is 133 Å². The lowest BCUT2D eigenvalue weighted by atomic mass is 10.1. The summed E-state index contributed by atoms with van der Waals surface area (Å²) in [6.07, 6.45) is 1.89. The van der Waals surface area contributed by atoms with Gasteiger partial charge in [0.15, 0.2) is 5.13 Å². The van der Waals surface area contributed by atoms with Crippen molar-refractivity contribution < 1.29 is 51.6 Å². The molecule has 356 valence electrons. The lowest BCUT2D eigenvalue weighted by molar-refractivity contribution is -0.143. The molecule has 4 aromatic rings. The third-order valence-electron chi connectivity index (χ3n) is 13.0. The van der Waals surface area contributed by atoms with Gasteiger partial charge in [-0.3, -0.25) is 14.2 Å². The van der Waals surface area contributed by atoms with E-state index in [1.165, 1.54) is 29.4 Å². The predicted octanol–water partition coefficient (Wildman–Crippen LogP) is 8.79. The Balaban J connectivity index is 1.16. The lowest BCUT2D eigenvalue weighted by Gasteiger charge is -2.33. The molecule has 0 spiro atoms. The number of hydrogen-bond donors (Lipinski definition) is 4. The molecular formula is C46H56ClF2N6O9PS. The van der Waals surface area contributed by atoms with Gasteiger partial charge in [0.2, 0.25) is 19.2 Å². The SMILES string of the molecule is COc1ccc2c(O[C@@H]3C[C@H]4C(=O)N[C@]5(P(=O)(O)Cc6c(F)cccc6F)C[C@H]5CCCCCOC(C)[C@H](NC(=O)OC5CCCC5)C(=O)N4C3)cc(-c3csc(NC(C)C)n3)nc2c1Cl. The highest BCUT2D eigenvalue weighted by Crippen LogP contribution is 2.71. The molecule has 0 bridgehead atoms. The first kappa shape index (κ1) is 47.9. The normalized spacial score (nSPS) is 26.1. The van der Waals surface area contributed by atoms with E-state index in [1.54, 1.807) is 25.1 Å². The number of carbonyl (C=O) groups excluding carboxylic acids is 3. The number of hydrogen-bond acceptors (Lipinski definition) is 12. The van der Waals surface area contributed by atoms with Crippen LogP contribution in [-0.2, 0) is 29.8 Å². The van der Waals surface area contributed by atoms with Crippen LogP contribution in [0.15, 0.2) is 41.8 Å². The number of alkyl carbamates (subject to hydrolysis) is 1. The van der Waals surface area contributed by atoms with Crippen molar-refractivity contribution in [3.63, 3.8) is 0 Å². The number of ether oxygens (including phenoxy) is 4. The maximum absolute atomic E-state index is 15.0. The van der Waals surface area contributed by atoms with E-state index in [2.05, 4.69) is 16.0 Å². The van der Waals surface area contributed by atoms with Gasteiger partial charge in [-0.1, -0.05) is 30.5 Å². The number of nitrogens with zero attached hydrogens (tertiary/aromatic N) is 3. The highest BCUT2D eigenvalue weighted by atomic mass is 35.5. The minimum Gasteiger partial charge on any atom is -0.495 e. The molecule has 0 radical (unpaired) electrons. The van der Waals surface area contributed by atoms with Crippen LogP contribution in [0.4, 0.5) is 18.7 Å². The van der Waals surface area contributed by atoms with E-state index in [-0.39, 0.29) is 43.2 Å². The van der Waals surface area contributed by atoms with E-state index in [0.717, 1.165) is 25.0 Å². The molecule has 3 amide bonds. The Hall–Kier alpha value is -4.61. The van der Waals surface area contributed by atoms with Crippen LogP contribution >= 0.6 is 30.3 Å². The van der Waals surface area contributed by atoms with Gasteiger partial charge in [-0.2, -0.15) is 0 Å². The number of amides is 3. The quantitative estimate of drug-likeness (QED) is 0.105. The second kappa shape index (κ2) is 19.9. The van der Waals surface area contributed by atoms with E-state index in [9.17, 15) is 27.8 Å². The molecule has 8 rings (SSSR count). The van der Waals surface area contributed by atoms with Crippen molar-refractivity contribution in [3.8, 4) is 22.9 Å². The van der Waals surface area contributed by atoms with Crippen molar-refractivity contribution in [3.05, 3.63) is 64.0 Å². The van der Waals surface area contributed by atoms with Crippen LogP contribution < -0.4 is 25.4 Å². The second-order valence-corrected chi connectivity index (χ2v) is 21.8. The molecule has 4 fully saturated rings. The zero-order valence-electron chi connectivity index (χ0n) is 37.3. The maximum atomic E-state index is 15.0. The largest absolute Gasteiger partial charge is 0.495 e. The molecule has 4 N–H and O–H groups in total. The van der Waals surface area contributed by atoms with E-state index < -0.39 is 84.1 Å². The third kappa shape index (κ3) is 10.1. The van der Waals surface area contributed by atoms with Gasteiger partial charge in [0.1, 0.15) is 63.4 Å². The van der Waals surface area contributed by atoms with E-state index in [0.29, 0.717) is 77.4 Å². The standard InChI is InChI=1S/C46H56ClF2N6O9PS/c1-25(2)50-44-52-35(24-66-44)34-20-38(30-16-17-37(61-4)39(47)41(30)51-34)63-29-19-36-42(56)54-46(65(59,60)23-31-32(48)14-10-15-33(31)49)21-27(46)11-6-5-9-18-62-26(3)40(43(57)55(36)22-29)53-45(58)64-28-12-7-8-13-28/h10,14-17,20,24-29,36,40H,5-9,11-13,18-19,21-23H2,1-4H3,(H,50,52)(H,53,58)(H,54,56)(H,59,60)/t26?,27-,29-,36+,40+,46+/m1/s1. The van der Waals surface area contributed by atoms with Crippen LogP contribution in [0.1, 0.15) is 90.5 Å². The molecular weight excluding hydrogens is 917 g/mol. The summed E-state index contributed by atoms with van der Waals surface area (Å²) >= 11 is 8.27. The lowest BCUT2D eigenvalue weighted by Crippen LogP contribution is -2.58. The summed E-state index contributed by atoms with van der Waals surface area (Å²) in [6, 6.07) is 5.88. The van der Waals surface area contributed by atoms with Crippen molar-refractivity contribution in [2.75, 3.05) is 25.6 Å². The topological polar surface area (TPSA) is 191 Å². The monoisotopic (exact) mass is 972 g/mol. The van der Waals surface area contributed by atoms with Crippen LogP contribution in [0.2, 0.25) is 5.02 Å².